The second-order valence-electron chi connectivity index (χ2n) is 5.17. The molecule has 0 radical (unpaired) electrons. The Balaban J connectivity index is 2.98. The van der Waals surface area contributed by atoms with Gasteiger partial charge in [0.1, 0.15) is 5.78 Å². The third-order valence-corrected chi connectivity index (χ3v) is 3.07. The maximum absolute atomic E-state index is 12.0. The largest absolute Gasteiger partial charge is 0.299 e. The number of allylic oxidation sites excluding steroid dienone is 2. The molecule has 0 heterocycles. The van der Waals surface area contributed by atoms with Gasteiger partial charge in [-0.15, -0.1) is 0 Å². The van der Waals surface area contributed by atoms with E-state index in [0.717, 1.165) is 12.0 Å². The molecule has 1 atom stereocenters. The van der Waals surface area contributed by atoms with Gasteiger partial charge < -0.3 is 0 Å². The second kappa shape index (κ2) is 4.30. The van der Waals surface area contributed by atoms with Gasteiger partial charge in [-0.2, -0.15) is 0 Å². The van der Waals surface area contributed by atoms with Crippen molar-refractivity contribution in [1.29, 1.82) is 0 Å². The van der Waals surface area contributed by atoms with E-state index in [-0.39, 0.29) is 22.9 Å². The van der Waals surface area contributed by atoms with Crippen LogP contribution in [0.25, 0.3) is 0 Å². The number of carbonyl (C=O) groups excluding carboxylic acids is 2. The number of Topliss-reactive ketones (excluding diaryl/α,β-unsaturated/α-hetero) is 1. The van der Waals surface area contributed by atoms with Gasteiger partial charge in [-0.3, -0.25) is 9.59 Å². The lowest BCUT2D eigenvalue weighted by Crippen LogP contribution is -2.36. The highest BCUT2D eigenvalue weighted by molar-refractivity contribution is 5.96. The van der Waals surface area contributed by atoms with Crippen molar-refractivity contribution in [3.05, 3.63) is 11.6 Å². The fourth-order valence-electron chi connectivity index (χ4n) is 2.64. The van der Waals surface area contributed by atoms with E-state index in [1.807, 2.05) is 27.7 Å². The van der Waals surface area contributed by atoms with Crippen LogP contribution >= 0.6 is 0 Å². The van der Waals surface area contributed by atoms with E-state index in [0.29, 0.717) is 12.8 Å². The molecule has 0 amide bonds. The fraction of sp³-hybridized carbons (Fsp3) is 0.692. The van der Waals surface area contributed by atoms with Gasteiger partial charge >= 0.3 is 0 Å². The van der Waals surface area contributed by atoms with Crippen molar-refractivity contribution in [1.82, 2.24) is 0 Å². The molecule has 84 valence electrons. The monoisotopic (exact) mass is 208 g/mol. The van der Waals surface area contributed by atoms with Crippen LogP contribution in [-0.2, 0) is 9.59 Å². The first-order valence-corrected chi connectivity index (χ1v) is 5.62. The van der Waals surface area contributed by atoms with Gasteiger partial charge in [-0.05, 0) is 24.8 Å². The lowest BCUT2D eigenvalue weighted by atomic mass is 9.66. The van der Waals surface area contributed by atoms with E-state index in [4.69, 9.17) is 0 Å². The summed E-state index contributed by atoms with van der Waals surface area (Å²) in [5.74, 6) is 0.372. The minimum Gasteiger partial charge on any atom is -0.299 e. The van der Waals surface area contributed by atoms with Crippen molar-refractivity contribution in [2.75, 3.05) is 0 Å². The summed E-state index contributed by atoms with van der Waals surface area (Å²) in [5, 5.41) is 0. The summed E-state index contributed by atoms with van der Waals surface area (Å²) in [6, 6.07) is 0. The highest BCUT2D eigenvalue weighted by Crippen LogP contribution is 2.40. The molecule has 0 fully saturated rings. The third-order valence-electron chi connectivity index (χ3n) is 3.07. The van der Waals surface area contributed by atoms with Crippen molar-refractivity contribution in [3.63, 3.8) is 0 Å². The Morgan fingerprint density at radius 1 is 1.53 bits per heavy atom. The zero-order chi connectivity index (χ0) is 11.6. The molecule has 0 aromatic rings. The first-order valence-electron chi connectivity index (χ1n) is 5.62. The highest BCUT2D eigenvalue weighted by atomic mass is 16.1. The molecule has 0 spiro atoms. The summed E-state index contributed by atoms with van der Waals surface area (Å²) < 4.78 is 0. The molecule has 1 aliphatic rings. The number of ketones is 2. The van der Waals surface area contributed by atoms with E-state index >= 15 is 0 Å². The first kappa shape index (κ1) is 12.2. The molecule has 0 saturated heterocycles. The Hall–Kier alpha value is -0.920. The zero-order valence-corrected chi connectivity index (χ0v) is 10.1. The minimum atomic E-state index is -0.206. The topological polar surface area (TPSA) is 34.1 Å². The lowest BCUT2D eigenvalue weighted by molar-refractivity contribution is -0.127. The van der Waals surface area contributed by atoms with Crippen LogP contribution in [0.15, 0.2) is 11.6 Å². The Bertz CT molecular complexity index is 310. The van der Waals surface area contributed by atoms with Crippen LogP contribution in [0, 0.1) is 11.3 Å². The fourth-order valence-corrected chi connectivity index (χ4v) is 2.64. The molecule has 0 saturated carbocycles. The van der Waals surface area contributed by atoms with Crippen molar-refractivity contribution in [3.8, 4) is 0 Å². The van der Waals surface area contributed by atoms with Crippen LogP contribution in [0.1, 0.15) is 47.0 Å². The molecule has 1 rings (SSSR count). The van der Waals surface area contributed by atoms with E-state index in [1.54, 1.807) is 6.08 Å². The van der Waals surface area contributed by atoms with Gasteiger partial charge in [0.25, 0.3) is 0 Å². The molecule has 0 aromatic carbocycles. The van der Waals surface area contributed by atoms with Crippen LogP contribution < -0.4 is 0 Å². The molecule has 1 aliphatic carbocycles. The van der Waals surface area contributed by atoms with Crippen LogP contribution in [0.3, 0.4) is 0 Å². The van der Waals surface area contributed by atoms with E-state index in [2.05, 4.69) is 0 Å². The Morgan fingerprint density at radius 3 is 2.60 bits per heavy atom. The number of rotatable bonds is 3. The number of carbonyl (C=O) groups is 2. The van der Waals surface area contributed by atoms with Crippen LogP contribution in [0.5, 0.6) is 0 Å². The first-order chi connectivity index (χ1) is 6.88. The smallest absolute Gasteiger partial charge is 0.156 e. The minimum absolute atomic E-state index is 0.0600. The molecule has 0 aromatic heterocycles. The van der Waals surface area contributed by atoms with Gasteiger partial charge in [0, 0.05) is 18.8 Å². The molecule has 0 N–H and O–H groups in total. The van der Waals surface area contributed by atoms with E-state index in [9.17, 15) is 9.59 Å². The Morgan fingerprint density at radius 2 is 2.13 bits per heavy atom. The van der Waals surface area contributed by atoms with Crippen LogP contribution in [-0.4, -0.2) is 11.6 Å². The average molecular weight is 208 g/mol. The molecule has 1 unspecified atom stereocenters. The van der Waals surface area contributed by atoms with Crippen LogP contribution in [0.4, 0.5) is 0 Å². The van der Waals surface area contributed by atoms with Gasteiger partial charge in [0.2, 0.25) is 0 Å². The molecule has 0 bridgehead atoms. The average Bonchev–Trinajstić information content (AvgIpc) is 1.99. The molecular formula is C13H20O2. The third kappa shape index (κ3) is 2.55. The van der Waals surface area contributed by atoms with Crippen molar-refractivity contribution < 1.29 is 9.59 Å². The predicted molar refractivity (Wildman–Crippen MR) is 60.6 cm³/mol. The molecule has 15 heavy (non-hydrogen) atoms. The Kier molecular flexibility index (Phi) is 3.48. The SMILES string of the molecule is CCCC(=O)C1C(C)=CC(=O)CC1(C)C. The summed E-state index contributed by atoms with van der Waals surface area (Å²) >= 11 is 0. The highest BCUT2D eigenvalue weighted by Gasteiger charge is 2.39. The molecular weight excluding hydrogens is 188 g/mol. The lowest BCUT2D eigenvalue weighted by Gasteiger charge is -2.36. The summed E-state index contributed by atoms with van der Waals surface area (Å²) in [6.07, 6.45) is 3.63. The zero-order valence-electron chi connectivity index (χ0n) is 10.1. The molecule has 2 nitrogen and oxygen atoms in total. The number of hydrogen-bond donors (Lipinski definition) is 0. The number of hydrogen-bond acceptors (Lipinski definition) is 2. The normalized spacial score (nSPS) is 24.9. The molecule has 0 aliphatic heterocycles. The van der Waals surface area contributed by atoms with Crippen molar-refractivity contribution in [2.45, 2.75) is 47.0 Å². The van der Waals surface area contributed by atoms with Crippen molar-refractivity contribution >= 4 is 11.6 Å². The summed E-state index contributed by atoms with van der Waals surface area (Å²) in [5.41, 5.74) is 0.733. The summed E-state index contributed by atoms with van der Waals surface area (Å²) in [4.78, 5) is 23.4. The van der Waals surface area contributed by atoms with E-state index < -0.39 is 0 Å². The van der Waals surface area contributed by atoms with Gasteiger partial charge in [0.15, 0.2) is 5.78 Å². The van der Waals surface area contributed by atoms with Gasteiger partial charge in [0.05, 0.1) is 0 Å². The summed E-state index contributed by atoms with van der Waals surface area (Å²) in [7, 11) is 0. The standard InChI is InChI=1S/C13H20O2/c1-5-6-11(15)12-9(2)7-10(14)8-13(12,3)4/h7,12H,5-6,8H2,1-4H3. The quantitative estimate of drug-likeness (QED) is 0.714. The van der Waals surface area contributed by atoms with Gasteiger partial charge in [-0.25, -0.2) is 0 Å². The van der Waals surface area contributed by atoms with E-state index in [1.165, 1.54) is 0 Å². The predicted octanol–water partition coefficient (Wildman–Crippen LogP) is 2.92. The van der Waals surface area contributed by atoms with Crippen LogP contribution in [0.2, 0.25) is 0 Å². The maximum atomic E-state index is 12.0. The molecule has 2 heteroatoms. The Labute approximate surface area is 91.7 Å². The maximum Gasteiger partial charge on any atom is 0.156 e. The van der Waals surface area contributed by atoms with Crippen molar-refractivity contribution in [2.24, 2.45) is 11.3 Å². The summed E-state index contributed by atoms with van der Waals surface area (Å²) in [6.45, 7) is 7.94. The van der Waals surface area contributed by atoms with Gasteiger partial charge in [-0.1, -0.05) is 26.3 Å². The second-order valence-corrected chi connectivity index (χ2v) is 5.17.